The van der Waals surface area contributed by atoms with Gasteiger partial charge in [-0.3, -0.25) is 9.59 Å². The predicted octanol–water partition coefficient (Wildman–Crippen LogP) is 2.19. The van der Waals surface area contributed by atoms with Crippen LogP contribution < -0.4 is 10.6 Å². The van der Waals surface area contributed by atoms with Crippen molar-refractivity contribution in [2.75, 3.05) is 20.1 Å². The molecule has 1 aliphatic rings. The van der Waals surface area contributed by atoms with E-state index in [0.717, 1.165) is 37.1 Å². The number of halogens is 1. The Balaban J connectivity index is 0.00000288. The van der Waals surface area contributed by atoms with Crippen LogP contribution in [0.5, 0.6) is 0 Å². The number of benzene rings is 1. The van der Waals surface area contributed by atoms with Crippen LogP contribution in [0, 0.1) is 6.92 Å². The van der Waals surface area contributed by atoms with Gasteiger partial charge in [0, 0.05) is 26.1 Å². The van der Waals surface area contributed by atoms with Crippen LogP contribution in [-0.4, -0.2) is 42.9 Å². The van der Waals surface area contributed by atoms with E-state index in [-0.39, 0.29) is 30.3 Å². The molecule has 134 valence electrons. The summed E-state index contributed by atoms with van der Waals surface area (Å²) in [5, 5.41) is 6.16. The molecule has 1 saturated heterocycles. The van der Waals surface area contributed by atoms with Gasteiger partial charge in [-0.15, -0.1) is 12.4 Å². The Hall–Kier alpha value is -1.59. The smallest absolute Gasteiger partial charge is 0.225 e. The molecule has 0 aromatic heterocycles. The Bertz CT molecular complexity index is 548. The number of hydrogen-bond acceptors (Lipinski definition) is 3. The third kappa shape index (κ3) is 5.80. The fourth-order valence-corrected chi connectivity index (χ4v) is 3.04. The van der Waals surface area contributed by atoms with Crippen LogP contribution in [0.4, 0.5) is 0 Å². The maximum absolute atomic E-state index is 12.6. The number of likely N-dealkylation sites (tertiary alicyclic amines) is 1. The van der Waals surface area contributed by atoms with Gasteiger partial charge in [0.2, 0.25) is 11.8 Å². The third-order valence-corrected chi connectivity index (χ3v) is 4.42. The molecule has 0 saturated carbocycles. The summed E-state index contributed by atoms with van der Waals surface area (Å²) in [4.78, 5) is 26.1. The molecular weight excluding hydrogens is 326 g/mol. The Labute approximate surface area is 150 Å². The molecule has 2 N–H and O–H groups in total. The van der Waals surface area contributed by atoms with Gasteiger partial charge >= 0.3 is 0 Å². The van der Waals surface area contributed by atoms with Gasteiger partial charge in [-0.25, -0.2) is 0 Å². The first-order chi connectivity index (χ1) is 11.0. The van der Waals surface area contributed by atoms with Crippen LogP contribution >= 0.6 is 12.4 Å². The van der Waals surface area contributed by atoms with Gasteiger partial charge in [0.15, 0.2) is 0 Å². The molecule has 5 nitrogen and oxygen atoms in total. The number of hydrogen-bond donors (Lipinski definition) is 2. The normalized spacial score (nSPS) is 18.5. The van der Waals surface area contributed by atoms with E-state index in [9.17, 15) is 9.59 Å². The van der Waals surface area contributed by atoms with Crippen molar-refractivity contribution in [3.63, 3.8) is 0 Å². The summed E-state index contributed by atoms with van der Waals surface area (Å²) in [7, 11) is 1.94. The first-order valence-electron chi connectivity index (χ1n) is 8.28. The molecule has 2 unspecified atom stereocenters. The highest BCUT2D eigenvalue weighted by Crippen LogP contribution is 2.20. The van der Waals surface area contributed by atoms with Gasteiger partial charge in [0.1, 0.15) is 0 Å². The van der Waals surface area contributed by atoms with E-state index in [4.69, 9.17) is 0 Å². The molecule has 0 bridgehead atoms. The summed E-state index contributed by atoms with van der Waals surface area (Å²) in [5.41, 5.74) is 2.14. The molecule has 0 aliphatic carbocycles. The highest BCUT2D eigenvalue weighted by molar-refractivity contribution is 5.85. The molecule has 1 heterocycles. The second-order valence-electron chi connectivity index (χ2n) is 6.34. The van der Waals surface area contributed by atoms with Crippen molar-refractivity contribution in [3.05, 3.63) is 35.4 Å². The standard InChI is InChI=1S/C18H27N3O2.ClH/c1-13-6-8-15(9-7-13)17(20-14(2)22)11-18(23)21-10-4-5-16(12-21)19-3;/h6-9,16-17,19H,4-5,10-12H2,1-3H3,(H,20,22);1H. The Kier molecular flexibility index (Phi) is 8.22. The molecule has 0 radical (unpaired) electrons. The summed E-state index contributed by atoms with van der Waals surface area (Å²) in [5.74, 6) is -0.0144. The average molecular weight is 354 g/mol. The van der Waals surface area contributed by atoms with Crippen molar-refractivity contribution in [1.29, 1.82) is 0 Å². The lowest BCUT2D eigenvalue weighted by Crippen LogP contribution is -2.47. The molecular formula is C18H28ClN3O2. The van der Waals surface area contributed by atoms with E-state index in [2.05, 4.69) is 10.6 Å². The molecule has 6 heteroatoms. The SMILES string of the molecule is CNC1CCCN(C(=O)CC(NC(C)=O)c2ccc(C)cc2)C1.Cl. The number of carbonyl (C=O) groups is 2. The van der Waals surface area contributed by atoms with Crippen LogP contribution in [0.25, 0.3) is 0 Å². The number of nitrogens with zero attached hydrogens (tertiary/aromatic N) is 1. The quantitative estimate of drug-likeness (QED) is 0.853. The minimum absolute atomic E-state index is 0. The zero-order valence-corrected chi connectivity index (χ0v) is 15.5. The molecule has 2 rings (SSSR count). The number of nitrogens with one attached hydrogen (secondary N) is 2. The monoisotopic (exact) mass is 353 g/mol. The van der Waals surface area contributed by atoms with Gasteiger partial charge in [-0.2, -0.15) is 0 Å². The van der Waals surface area contributed by atoms with Crippen LogP contribution in [0.3, 0.4) is 0 Å². The Morgan fingerprint density at radius 1 is 1.29 bits per heavy atom. The number of aryl methyl sites for hydroxylation is 1. The van der Waals surface area contributed by atoms with E-state index in [1.165, 1.54) is 6.92 Å². The number of carbonyl (C=O) groups excluding carboxylic acids is 2. The highest BCUT2D eigenvalue weighted by atomic mass is 35.5. The van der Waals surface area contributed by atoms with Crippen LogP contribution in [0.15, 0.2) is 24.3 Å². The first-order valence-corrected chi connectivity index (χ1v) is 8.28. The number of piperidine rings is 1. The zero-order valence-electron chi connectivity index (χ0n) is 14.7. The molecule has 1 fully saturated rings. The van der Waals surface area contributed by atoms with E-state index in [0.29, 0.717) is 12.5 Å². The second-order valence-corrected chi connectivity index (χ2v) is 6.34. The largest absolute Gasteiger partial charge is 0.349 e. The molecule has 0 spiro atoms. The van der Waals surface area contributed by atoms with Crippen molar-refractivity contribution in [1.82, 2.24) is 15.5 Å². The van der Waals surface area contributed by atoms with Crippen LogP contribution in [-0.2, 0) is 9.59 Å². The van der Waals surface area contributed by atoms with E-state index >= 15 is 0 Å². The number of likely N-dealkylation sites (N-methyl/N-ethyl adjacent to an activating group) is 1. The van der Waals surface area contributed by atoms with Crippen molar-refractivity contribution < 1.29 is 9.59 Å². The van der Waals surface area contributed by atoms with Crippen LogP contribution in [0.1, 0.15) is 43.4 Å². The van der Waals surface area contributed by atoms with Gasteiger partial charge in [0.05, 0.1) is 12.5 Å². The van der Waals surface area contributed by atoms with Crippen molar-refractivity contribution >= 4 is 24.2 Å². The highest BCUT2D eigenvalue weighted by Gasteiger charge is 2.25. The van der Waals surface area contributed by atoms with E-state index < -0.39 is 0 Å². The Morgan fingerprint density at radius 2 is 1.96 bits per heavy atom. The Morgan fingerprint density at radius 3 is 2.54 bits per heavy atom. The van der Waals surface area contributed by atoms with Gasteiger partial charge in [0.25, 0.3) is 0 Å². The molecule has 2 amide bonds. The second kappa shape index (κ2) is 9.64. The lowest BCUT2D eigenvalue weighted by molar-refractivity contribution is -0.133. The lowest BCUT2D eigenvalue weighted by atomic mass is 10.00. The lowest BCUT2D eigenvalue weighted by Gasteiger charge is -2.33. The first kappa shape index (κ1) is 20.5. The molecule has 24 heavy (non-hydrogen) atoms. The topological polar surface area (TPSA) is 61.4 Å². The fourth-order valence-electron chi connectivity index (χ4n) is 3.04. The number of amides is 2. The zero-order chi connectivity index (χ0) is 16.8. The van der Waals surface area contributed by atoms with Crippen molar-refractivity contribution in [2.45, 2.75) is 45.2 Å². The van der Waals surface area contributed by atoms with Gasteiger partial charge in [-0.1, -0.05) is 29.8 Å². The molecule has 1 aromatic rings. The fraction of sp³-hybridized carbons (Fsp3) is 0.556. The maximum Gasteiger partial charge on any atom is 0.225 e. The third-order valence-electron chi connectivity index (χ3n) is 4.42. The molecule has 1 aliphatic heterocycles. The summed E-state index contributed by atoms with van der Waals surface area (Å²) < 4.78 is 0. The molecule has 2 atom stereocenters. The van der Waals surface area contributed by atoms with Crippen molar-refractivity contribution in [2.24, 2.45) is 0 Å². The van der Waals surface area contributed by atoms with Gasteiger partial charge in [-0.05, 0) is 32.4 Å². The van der Waals surface area contributed by atoms with Gasteiger partial charge < -0.3 is 15.5 Å². The number of rotatable bonds is 5. The summed E-state index contributed by atoms with van der Waals surface area (Å²) in [6.07, 6.45) is 2.43. The summed E-state index contributed by atoms with van der Waals surface area (Å²) >= 11 is 0. The van der Waals surface area contributed by atoms with Crippen molar-refractivity contribution in [3.8, 4) is 0 Å². The minimum atomic E-state index is -0.268. The van der Waals surface area contributed by atoms with E-state index in [1.54, 1.807) is 0 Å². The summed E-state index contributed by atoms with van der Waals surface area (Å²) in [6, 6.07) is 8.08. The minimum Gasteiger partial charge on any atom is -0.349 e. The molecule has 1 aromatic carbocycles. The van der Waals surface area contributed by atoms with Crippen LogP contribution in [0.2, 0.25) is 0 Å². The van der Waals surface area contributed by atoms with E-state index in [1.807, 2.05) is 43.1 Å². The maximum atomic E-state index is 12.6. The summed E-state index contributed by atoms with van der Waals surface area (Å²) in [6.45, 7) is 5.06. The predicted molar refractivity (Wildman–Crippen MR) is 98.3 cm³/mol. The average Bonchev–Trinajstić information content (AvgIpc) is 2.54.